The zero-order valence-corrected chi connectivity index (χ0v) is 10.4. The minimum atomic E-state index is 0.764. The standard InChI is InChI=1S/C11H21N3S/c1-2-5-12-11(15)14-8-7-13-6-3-4-10(13)9-14/h10H,2-9H2,1H3,(H,12,15). The van der Waals surface area contributed by atoms with Crippen molar-refractivity contribution in [1.82, 2.24) is 15.1 Å². The largest absolute Gasteiger partial charge is 0.363 e. The summed E-state index contributed by atoms with van der Waals surface area (Å²) in [5.74, 6) is 0. The van der Waals surface area contributed by atoms with E-state index >= 15 is 0 Å². The highest BCUT2D eigenvalue weighted by Crippen LogP contribution is 2.21. The monoisotopic (exact) mass is 227 g/mol. The second-order valence-electron chi connectivity index (χ2n) is 4.51. The van der Waals surface area contributed by atoms with Crippen LogP contribution >= 0.6 is 12.2 Å². The van der Waals surface area contributed by atoms with Gasteiger partial charge in [0.2, 0.25) is 0 Å². The van der Waals surface area contributed by atoms with E-state index in [0.717, 1.165) is 37.2 Å². The van der Waals surface area contributed by atoms with E-state index in [1.807, 2.05) is 0 Å². The highest BCUT2D eigenvalue weighted by atomic mass is 32.1. The van der Waals surface area contributed by atoms with Gasteiger partial charge in [0, 0.05) is 32.2 Å². The minimum Gasteiger partial charge on any atom is -0.363 e. The zero-order chi connectivity index (χ0) is 10.7. The summed E-state index contributed by atoms with van der Waals surface area (Å²) < 4.78 is 0. The van der Waals surface area contributed by atoms with Crippen LogP contribution in [0.25, 0.3) is 0 Å². The van der Waals surface area contributed by atoms with Crippen LogP contribution < -0.4 is 5.32 Å². The topological polar surface area (TPSA) is 18.5 Å². The van der Waals surface area contributed by atoms with Gasteiger partial charge >= 0.3 is 0 Å². The second kappa shape index (κ2) is 5.12. The molecule has 2 fully saturated rings. The van der Waals surface area contributed by atoms with Gasteiger partial charge in [0.05, 0.1) is 0 Å². The molecule has 2 aliphatic rings. The van der Waals surface area contributed by atoms with Crippen LogP contribution in [0.15, 0.2) is 0 Å². The normalized spacial score (nSPS) is 26.5. The molecule has 2 rings (SSSR count). The number of thiocarbonyl (C=S) groups is 1. The molecule has 15 heavy (non-hydrogen) atoms. The lowest BCUT2D eigenvalue weighted by Gasteiger charge is -2.38. The molecule has 0 bridgehead atoms. The first-order valence-corrected chi connectivity index (χ1v) is 6.49. The van der Waals surface area contributed by atoms with Crippen molar-refractivity contribution in [3.63, 3.8) is 0 Å². The molecule has 4 heteroatoms. The van der Waals surface area contributed by atoms with Crippen molar-refractivity contribution in [3.8, 4) is 0 Å². The average molecular weight is 227 g/mol. The van der Waals surface area contributed by atoms with E-state index in [-0.39, 0.29) is 0 Å². The van der Waals surface area contributed by atoms with E-state index < -0.39 is 0 Å². The summed E-state index contributed by atoms with van der Waals surface area (Å²) in [6.45, 7) is 7.90. The third-order valence-electron chi connectivity index (χ3n) is 3.40. The van der Waals surface area contributed by atoms with Crippen LogP contribution in [-0.2, 0) is 0 Å². The van der Waals surface area contributed by atoms with Crippen LogP contribution in [0.3, 0.4) is 0 Å². The van der Waals surface area contributed by atoms with E-state index in [4.69, 9.17) is 12.2 Å². The van der Waals surface area contributed by atoms with E-state index in [1.54, 1.807) is 0 Å². The molecule has 0 aliphatic carbocycles. The third-order valence-corrected chi connectivity index (χ3v) is 3.80. The Bertz CT molecular complexity index is 232. The van der Waals surface area contributed by atoms with Crippen LogP contribution in [0.2, 0.25) is 0 Å². The molecular weight excluding hydrogens is 206 g/mol. The van der Waals surface area contributed by atoms with Gasteiger partial charge < -0.3 is 10.2 Å². The fourth-order valence-corrected chi connectivity index (χ4v) is 2.79. The molecule has 1 atom stereocenters. The molecule has 0 amide bonds. The molecular formula is C11H21N3S. The highest BCUT2D eigenvalue weighted by molar-refractivity contribution is 7.80. The Hall–Kier alpha value is -0.350. The molecule has 0 spiro atoms. The Morgan fingerprint density at radius 3 is 3.07 bits per heavy atom. The second-order valence-corrected chi connectivity index (χ2v) is 4.90. The van der Waals surface area contributed by atoms with Gasteiger partial charge in [0.1, 0.15) is 0 Å². The molecule has 1 unspecified atom stereocenters. The maximum absolute atomic E-state index is 5.40. The summed E-state index contributed by atoms with van der Waals surface area (Å²) in [5.41, 5.74) is 0. The molecule has 0 radical (unpaired) electrons. The van der Waals surface area contributed by atoms with Gasteiger partial charge in [0.25, 0.3) is 0 Å². The van der Waals surface area contributed by atoms with Crippen molar-refractivity contribution < 1.29 is 0 Å². The van der Waals surface area contributed by atoms with Crippen LogP contribution in [0.5, 0.6) is 0 Å². The first kappa shape index (κ1) is 11.1. The maximum Gasteiger partial charge on any atom is 0.169 e. The number of hydrogen-bond donors (Lipinski definition) is 1. The van der Waals surface area contributed by atoms with Crippen molar-refractivity contribution in [2.24, 2.45) is 0 Å². The summed E-state index contributed by atoms with van der Waals surface area (Å²) in [4.78, 5) is 4.95. The highest BCUT2D eigenvalue weighted by Gasteiger charge is 2.31. The zero-order valence-electron chi connectivity index (χ0n) is 9.54. The average Bonchev–Trinajstić information content (AvgIpc) is 2.72. The summed E-state index contributed by atoms with van der Waals surface area (Å²) in [7, 11) is 0. The Morgan fingerprint density at radius 2 is 2.27 bits per heavy atom. The molecule has 2 saturated heterocycles. The fourth-order valence-electron chi connectivity index (χ4n) is 2.52. The Balaban J connectivity index is 1.81. The molecule has 0 saturated carbocycles. The minimum absolute atomic E-state index is 0.764. The summed E-state index contributed by atoms with van der Waals surface area (Å²) >= 11 is 5.40. The maximum atomic E-state index is 5.40. The van der Waals surface area contributed by atoms with Crippen molar-refractivity contribution in [2.45, 2.75) is 32.2 Å². The van der Waals surface area contributed by atoms with Gasteiger partial charge in [-0.15, -0.1) is 0 Å². The Kier molecular flexibility index (Phi) is 3.81. The molecule has 3 nitrogen and oxygen atoms in total. The molecule has 1 N–H and O–H groups in total. The van der Waals surface area contributed by atoms with Gasteiger partial charge in [-0.3, -0.25) is 4.90 Å². The Morgan fingerprint density at radius 1 is 1.40 bits per heavy atom. The summed E-state index contributed by atoms with van der Waals surface area (Å²) in [6.07, 6.45) is 3.87. The Labute approximate surface area is 97.8 Å². The number of piperazine rings is 1. The van der Waals surface area contributed by atoms with Crippen LogP contribution in [0.1, 0.15) is 26.2 Å². The summed E-state index contributed by atoms with van der Waals surface area (Å²) in [6, 6.07) is 0.764. The van der Waals surface area contributed by atoms with E-state index in [2.05, 4.69) is 22.0 Å². The van der Waals surface area contributed by atoms with Crippen molar-refractivity contribution >= 4 is 17.3 Å². The SMILES string of the molecule is CCCNC(=S)N1CCN2CCCC2C1. The molecule has 2 heterocycles. The van der Waals surface area contributed by atoms with E-state index in [9.17, 15) is 0 Å². The number of nitrogens with one attached hydrogen (secondary N) is 1. The van der Waals surface area contributed by atoms with Crippen LogP contribution in [0.4, 0.5) is 0 Å². The predicted octanol–water partition coefficient (Wildman–Crippen LogP) is 1.05. The van der Waals surface area contributed by atoms with Gasteiger partial charge in [-0.2, -0.15) is 0 Å². The van der Waals surface area contributed by atoms with E-state index in [0.29, 0.717) is 0 Å². The van der Waals surface area contributed by atoms with Crippen molar-refractivity contribution in [3.05, 3.63) is 0 Å². The van der Waals surface area contributed by atoms with Crippen molar-refractivity contribution in [2.75, 3.05) is 32.7 Å². The van der Waals surface area contributed by atoms with Gasteiger partial charge in [-0.05, 0) is 38.0 Å². The van der Waals surface area contributed by atoms with Gasteiger partial charge in [-0.25, -0.2) is 0 Å². The van der Waals surface area contributed by atoms with E-state index in [1.165, 1.54) is 25.9 Å². The first-order valence-electron chi connectivity index (χ1n) is 6.08. The summed E-state index contributed by atoms with van der Waals surface area (Å²) in [5, 5.41) is 4.28. The lowest BCUT2D eigenvalue weighted by atomic mass is 10.2. The smallest absolute Gasteiger partial charge is 0.169 e. The lowest BCUT2D eigenvalue weighted by Crippen LogP contribution is -2.54. The predicted molar refractivity (Wildman–Crippen MR) is 67.1 cm³/mol. The number of nitrogens with zero attached hydrogens (tertiary/aromatic N) is 2. The fraction of sp³-hybridized carbons (Fsp3) is 0.909. The number of fused-ring (bicyclic) bond motifs is 1. The first-order chi connectivity index (χ1) is 7.31. The third kappa shape index (κ3) is 2.61. The van der Waals surface area contributed by atoms with Crippen LogP contribution in [-0.4, -0.2) is 53.7 Å². The van der Waals surface area contributed by atoms with Crippen LogP contribution in [0, 0.1) is 0 Å². The van der Waals surface area contributed by atoms with Gasteiger partial charge in [-0.1, -0.05) is 6.92 Å². The number of hydrogen-bond acceptors (Lipinski definition) is 2. The molecule has 0 aromatic heterocycles. The van der Waals surface area contributed by atoms with Crippen molar-refractivity contribution in [1.29, 1.82) is 0 Å². The molecule has 0 aromatic rings. The number of rotatable bonds is 2. The molecule has 2 aliphatic heterocycles. The quantitative estimate of drug-likeness (QED) is 0.711. The molecule has 86 valence electrons. The lowest BCUT2D eigenvalue weighted by molar-refractivity contribution is 0.151. The molecule has 0 aromatic carbocycles. The van der Waals surface area contributed by atoms with Gasteiger partial charge in [0.15, 0.2) is 5.11 Å².